The Balaban J connectivity index is 1.79. The predicted molar refractivity (Wildman–Crippen MR) is 79.2 cm³/mol. The number of carbonyl (C=O) groups is 1. The molecule has 2 rings (SSSR count). The summed E-state index contributed by atoms with van der Waals surface area (Å²) >= 11 is 0. The van der Waals surface area contributed by atoms with E-state index in [1.165, 1.54) is 18.2 Å². The molecule has 1 N–H and O–H groups in total. The van der Waals surface area contributed by atoms with Crippen LogP contribution in [0.4, 0.5) is 13.2 Å². The second-order valence-corrected chi connectivity index (χ2v) is 5.73. The van der Waals surface area contributed by atoms with Gasteiger partial charge < -0.3 is 5.32 Å². The number of alkyl halides is 3. The number of ketones is 1. The average molecular weight is 311 g/mol. The molecule has 2 nitrogen and oxygen atoms in total. The third-order valence-corrected chi connectivity index (χ3v) is 4.21. The fraction of sp³-hybridized carbons (Fsp3) is 0.471. The third kappa shape index (κ3) is 4.44. The molecule has 0 atom stereocenters. The molecular formula is C17H20F3NO. The second-order valence-electron chi connectivity index (χ2n) is 5.73. The molecule has 0 heterocycles. The lowest BCUT2D eigenvalue weighted by molar-refractivity contribution is -0.137. The highest BCUT2D eigenvalue weighted by atomic mass is 19.4. The molecule has 0 amide bonds. The number of hydrogen-bond acceptors (Lipinski definition) is 2. The van der Waals surface area contributed by atoms with Crippen LogP contribution in [-0.4, -0.2) is 11.8 Å². The minimum absolute atomic E-state index is 0.0848. The predicted octanol–water partition coefficient (Wildman–Crippen LogP) is 4.11. The van der Waals surface area contributed by atoms with Crippen LogP contribution >= 0.6 is 0 Å². The van der Waals surface area contributed by atoms with E-state index in [0.717, 1.165) is 43.4 Å². The van der Waals surface area contributed by atoms with Crippen molar-refractivity contribution in [1.82, 2.24) is 5.32 Å². The standard InChI is InChI=1S/C17H20F3NO/c1-2-16(22)13-5-9-15(10-6-13)21-11-12-3-7-14(8-4-12)17(18,19)20/h2-4,7-8,13,15,21H,1,5-6,9-11H2. The van der Waals surface area contributed by atoms with Gasteiger partial charge in [-0.2, -0.15) is 13.2 Å². The zero-order chi connectivity index (χ0) is 16.2. The van der Waals surface area contributed by atoms with E-state index >= 15 is 0 Å². The highest BCUT2D eigenvalue weighted by molar-refractivity contribution is 5.91. The molecule has 1 fully saturated rings. The van der Waals surface area contributed by atoms with Gasteiger partial charge in [0.05, 0.1) is 5.56 Å². The Morgan fingerprint density at radius 1 is 1.18 bits per heavy atom. The van der Waals surface area contributed by atoms with Crippen molar-refractivity contribution in [1.29, 1.82) is 0 Å². The van der Waals surface area contributed by atoms with Crippen molar-refractivity contribution in [3.63, 3.8) is 0 Å². The van der Waals surface area contributed by atoms with Crippen LogP contribution in [0.25, 0.3) is 0 Å². The molecule has 120 valence electrons. The molecule has 5 heteroatoms. The third-order valence-electron chi connectivity index (χ3n) is 4.21. The molecule has 0 unspecified atom stereocenters. The first-order valence-electron chi connectivity index (χ1n) is 7.46. The number of rotatable bonds is 5. The van der Waals surface area contributed by atoms with E-state index in [1.54, 1.807) is 0 Å². The zero-order valence-corrected chi connectivity index (χ0v) is 12.3. The van der Waals surface area contributed by atoms with Gasteiger partial charge in [-0.1, -0.05) is 18.7 Å². The highest BCUT2D eigenvalue weighted by Crippen LogP contribution is 2.29. The molecule has 1 aliphatic rings. The number of nitrogens with one attached hydrogen (secondary N) is 1. The fourth-order valence-corrected chi connectivity index (χ4v) is 2.82. The maximum atomic E-state index is 12.5. The second kappa shape index (κ2) is 7.09. The molecule has 0 bridgehead atoms. The summed E-state index contributed by atoms with van der Waals surface area (Å²) in [7, 11) is 0. The number of allylic oxidation sites excluding steroid dienone is 1. The molecule has 0 aliphatic heterocycles. The van der Waals surface area contributed by atoms with Crippen LogP contribution in [-0.2, 0) is 17.5 Å². The van der Waals surface area contributed by atoms with E-state index < -0.39 is 11.7 Å². The Bertz CT molecular complexity index is 514. The van der Waals surface area contributed by atoms with Gasteiger partial charge in [0.2, 0.25) is 0 Å². The first-order valence-corrected chi connectivity index (χ1v) is 7.46. The smallest absolute Gasteiger partial charge is 0.310 e. The van der Waals surface area contributed by atoms with Gasteiger partial charge in [-0.05, 0) is 49.5 Å². The average Bonchev–Trinajstić information content (AvgIpc) is 2.52. The van der Waals surface area contributed by atoms with Crippen LogP contribution in [0.15, 0.2) is 36.9 Å². The molecule has 1 aromatic rings. The molecule has 0 aromatic heterocycles. The summed E-state index contributed by atoms with van der Waals surface area (Å²) in [6.07, 6.45) is 0.601. The molecule has 1 aliphatic carbocycles. The molecule has 1 saturated carbocycles. The molecular weight excluding hydrogens is 291 g/mol. The Morgan fingerprint density at radius 3 is 2.27 bits per heavy atom. The van der Waals surface area contributed by atoms with E-state index in [0.29, 0.717) is 12.6 Å². The van der Waals surface area contributed by atoms with Gasteiger partial charge in [0, 0.05) is 18.5 Å². The lowest BCUT2D eigenvalue weighted by atomic mass is 9.83. The molecule has 1 aromatic carbocycles. The summed E-state index contributed by atoms with van der Waals surface area (Å²) in [6, 6.07) is 5.54. The monoisotopic (exact) mass is 311 g/mol. The lowest BCUT2D eigenvalue weighted by Gasteiger charge is -2.28. The van der Waals surface area contributed by atoms with Crippen molar-refractivity contribution in [2.75, 3.05) is 0 Å². The van der Waals surface area contributed by atoms with Crippen molar-refractivity contribution < 1.29 is 18.0 Å². The number of halogens is 3. The van der Waals surface area contributed by atoms with Gasteiger partial charge >= 0.3 is 6.18 Å². The maximum absolute atomic E-state index is 12.5. The largest absolute Gasteiger partial charge is 0.416 e. The summed E-state index contributed by atoms with van der Waals surface area (Å²) in [4.78, 5) is 11.5. The molecule has 0 radical (unpaired) electrons. The van der Waals surface area contributed by atoms with Gasteiger partial charge in [0.1, 0.15) is 0 Å². The summed E-state index contributed by atoms with van der Waals surface area (Å²) in [5, 5.41) is 3.36. The lowest BCUT2D eigenvalue weighted by Crippen LogP contribution is -2.34. The van der Waals surface area contributed by atoms with E-state index in [-0.39, 0.29) is 11.7 Å². The molecule has 22 heavy (non-hydrogen) atoms. The summed E-state index contributed by atoms with van der Waals surface area (Å²) < 4.78 is 37.4. The fourth-order valence-electron chi connectivity index (χ4n) is 2.82. The van der Waals surface area contributed by atoms with Crippen LogP contribution in [0.3, 0.4) is 0 Å². The van der Waals surface area contributed by atoms with Crippen LogP contribution in [0.2, 0.25) is 0 Å². The SMILES string of the molecule is C=CC(=O)C1CCC(NCc2ccc(C(F)(F)F)cc2)CC1. The van der Waals surface area contributed by atoms with E-state index in [1.807, 2.05) is 0 Å². The Kier molecular flexibility index (Phi) is 5.40. The molecule has 0 spiro atoms. The Labute approximate surface area is 128 Å². The van der Waals surface area contributed by atoms with Gasteiger partial charge in [0.15, 0.2) is 5.78 Å². The van der Waals surface area contributed by atoms with Gasteiger partial charge in [-0.3, -0.25) is 4.79 Å². The van der Waals surface area contributed by atoms with Gasteiger partial charge in [0.25, 0.3) is 0 Å². The zero-order valence-electron chi connectivity index (χ0n) is 12.3. The minimum Gasteiger partial charge on any atom is -0.310 e. The van der Waals surface area contributed by atoms with Crippen LogP contribution in [0.5, 0.6) is 0 Å². The van der Waals surface area contributed by atoms with E-state index in [4.69, 9.17) is 0 Å². The quantitative estimate of drug-likeness (QED) is 0.829. The summed E-state index contributed by atoms with van der Waals surface area (Å²) in [6.45, 7) is 4.05. The summed E-state index contributed by atoms with van der Waals surface area (Å²) in [5.74, 6) is 0.197. The van der Waals surface area contributed by atoms with Crippen molar-refractivity contribution in [3.8, 4) is 0 Å². The Morgan fingerprint density at radius 2 is 1.77 bits per heavy atom. The summed E-state index contributed by atoms with van der Waals surface area (Å²) in [5.41, 5.74) is 0.206. The first-order chi connectivity index (χ1) is 10.4. The van der Waals surface area contributed by atoms with Crippen molar-refractivity contribution in [3.05, 3.63) is 48.0 Å². The first kappa shape index (κ1) is 16.7. The van der Waals surface area contributed by atoms with Crippen LogP contribution < -0.4 is 5.32 Å². The van der Waals surface area contributed by atoms with Crippen molar-refractivity contribution in [2.45, 2.75) is 44.4 Å². The maximum Gasteiger partial charge on any atom is 0.416 e. The van der Waals surface area contributed by atoms with Gasteiger partial charge in [-0.15, -0.1) is 0 Å². The number of benzene rings is 1. The van der Waals surface area contributed by atoms with E-state index in [2.05, 4.69) is 11.9 Å². The van der Waals surface area contributed by atoms with Crippen molar-refractivity contribution in [2.24, 2.45) is 5.92 Å². The normalized spacial score (nSPS) is 22.3. The highest BCUT2D eigenvalue weighted by Gasteiger charge is 2.30. The van der Waals surface area contributed by atoms with Gasteiger partial charge in [-0.25, -0.2) is 0 Å². The van der Waals surface area contributed by atoms with E-state index in [9.17, 15) is 18.0 Å². The number of hydrogen-bond donors (Lipinski definition) is 1. The van der Waals surface area contributed by atoms with Crippen molar-refractivity contribution >= 4 is 5.78 Å². The Hall–Kier alpha value is -1.62. The topological polar surface area (TPSA) is 29.1 Å². The number of carbonyl (C=O) groups excluding carboxylic acids is 1. The molecule has 0 saturated heterocycles. The van der Waals surface area contributed by atoms with Crippen LogP contribution in [0, 0.1) is 5.92 Å². The van der Waals surface area contributed by atoms with Crippen LogP contribution in [0.1, 0.15) is 36.8 Å². The minimum atomic E-state index is -4.29.